The first-order valence-electron chi connectivity index (χ1n) is 4.81. The third kappa shape index (κ3) is 3.17. The lowest BCUT2D eigenvalue weighted by atomic mass is 10.1. The highest BCUT2D eigenvalue weighted by Gasteiger charge is 2.16. The molecule has 0 spiro atoms. The molecule has 0 fully saturated rings. The Balaban J connectivity index is 2.84. The van der Waals surface area contributed by atoms with Crippen molar-refractivity contribution in [2.24, 2.45) is 0 Å². The lowest BCUT2D eigenvalue weighted by Crippen LogP contribution is -2.32. The summed E-state index contributed by atoms with van der Waals surface area (Å²) in [6.07, 6.45) is 0. The van der Waals surface area contributed by atoms with Gasteiger partial charge in [0.15, 0.2) is 0 Å². The Hall–Kier alpha value is -1.16. The van der Waals surface area contributed by atoms with E-state index >= 15 is 0 Å². The van der Waals surface area contributed by atoms with Crippen molar-refractivity contribution in [3.8, 4) is 0 Å². The molecule has 0 heterocycles. The smallest absolute Gasteiger partial charge is 0.238 e. The second kappa shape index (κ2) is 5.25. The fraction of sp³-hybridized carbons (Fsp3) is 0.364. The third-order valence-electron chi connectivity index (χ3n) is 2.14. The van der Waals surface area contributed by atoms with Crippen molar-refractivity contribution >= 4 is 17.5 Å². The van der Waals surface area contributed by atoms with E-state index in [-0.39, 0.29) is 5.56 Å². The van der Waals surface area contributed by atoms with Crippen molar-refractivity contribution in [2.45, 2.75) is 25.3 Å². The van der Waals surface area contributed by atoms with Crippen LogP contribution in [0.2, 0.25) is 0 Å². The molecule has 0 aliphatic rings. The van der Waals surface area contributed by atoms with Gasteiger partial charge in [-0.1, -0.05) is 0 Å². The number of halogens is 3. The molecule has 0 bridgehead atoms. The summed E-state index contributed by atoms with van der Waals surface area (Å²) in [6, 6.07) is 2.48. The molecule has 5 heteroatoms. The van der Waals surface area contributed by atoms with Crippen LogP contribution in [0.3, 0.4) is 0 Å². The number of hydrogen-bond acceptors (Lipinski definition) is 1. The van der Waals surface area contributed by atoms with Crippen LogP contribution in [0.25, 0.3) is 0 Å². The van der Waals surface area contributed by atoms with Gasteiger partial charge >= 0.3 is 0 Å². The summed E-state index contributed by atoms with van der Waals surface area (Å²) >= 11 is 5.55. The minimum Gasteiger partial charge on any atom is -0.348 e. The van der Waals surface area contributed by atoms with E-state index in [0.717, 1.165) is 18.2 Å². The number of amides is 1. The molecule has 0 radical (unpaired) electrons. The highest BCUT2D eigenvalue weighted by molar-refractivity contribution is 6.30. The molecule has 0 aromatic heterocycles. The summed E-state index contributed by atoms with van der Waals surface area (Å²) < 4.78 is 26.2. The largest absolute Gasteiger partial charge is 0.348 e. The predicted molar refractivity (Wildman–Crippen MR) is 58.2 cm³/mol. The lowest BCUT2D eigenvalue weighted by Gasteiger charge is -2.16. The van der Waals surface area contributed by atoms with Crippen molar-refractivity contribution in [3.05, 3.63) is 35.4 Å². The number of alkyl halides is 1. The maximum absolute atomic E-state index is 13.3. The van der Waals surface area contributed by atoms with Gasteiger partial charge in [0.05, 0.1) is 6.04 Å². The molecule has 0 saturated carbocycles. The molecular weight excluding hydrogens is 236 g/mol. The van der Waals surface area contributed by atoms with Crippen LogP contribution in [0.5, 0.6) is 0 Å². The van der Waals surface area contributed by atoms with E-state index in [1.54, 1.807) is 6.92 Å². The number of rotatable bonds is 3. The maximum Gasteiger partial charge on any atom is 0.238 e. The quantitative estimate of drug-likeness (QED) is 0.818. The number of hydrogen-bond donors (Lipinski definition) is 1. The van der Waals surface area contributed by atoms with Gasteiger partial charge in [0.1, 0.15) is 17.0 Å². The number of carbonyl (C=O) groups is 1. The van der Waals surface area contributed by atoms with Gasteiger partial charge in [-0.3, -0.25) is 4.79 Å². The van der Waals surface area contributed by atoms with Gasteiger partial charge in [-0.25, -0.2) is 8.78 Å². The number of benzene rings is 1. The average Bonchev–Trinajstić information content (AvgIpc) is 2.21. The van der Waals surface area contributed by atoms with E-state index < -0.39 is 29.0 Å². The van der Waals surface area contributed by atoms with E-state index in [1.165, 1.54) is 6.92 Å². The van der Waals surface area contributed by atoms with Gasteiger partial charge < -0.3 is 5.32 Å². The van der Waals surface area contributed by atoms with Crippen molar-refractivity contribution < 1.29 is 13.6 Å². The first-order valence-corrected chi connectivity index (χ1v) is 5.25. The molecule has 0 aliphatic carbocycles. The van der Waals surface area contributed by atoms with Crippen LogP contribution in [-0.4, -0.2) is 11.3 Å². The molecule has 16 heavy (non-hydrogen) atoms. The third-order valence-corrected chi connectivity index (χ3v) is 2.34. The molecule has 1 rings (SSSR count). The second-order valence-corrected chi connectivity index (χ2v) is 4.17. The summed E-state index contributed by atoms with van der Waals surface area (Å²) in [5, 5.41) is 1.78. The zero-order chi connectivity index (χ0) is 12.3. The zero-order valence-corrected chi connectivity index (χ0v) is 9.68. The van der Waals surface area contributed by atoms with E-state index in [9.17, 15) is 13.6 Å². The van der Waals surface area contributed by atoms with Crippen LogP contribution < -0.4 is 5.32 Å². The van der Waals surface area contributed by atoms with Gasteiger partial charge in [-0.05, 0) is 32.0 Å². The van der Waals surface area contributed by atoms with Gasteiger partial charge in [-0.15, -0.1) is 11.6 Å². The summed E-state index contributed by atoms with van der Waals surface area (Å²) in [5.41, 5.74) is 0.102. The summed E-state index contributed by atoms with van der Waals surface area (Å²) in [6.45, 7) is 3.07. The van der Waals surface area contributed by atoms with Crippen LogP contribution in [0.15, 0.2) is 18.2 Å². The lowest BCUT2D eigenvalue weighted by molar-refractivity contribution is -0.121. The topological polar surface area (TPSA) is 29.1 Å². The Morgan fingerprint density at radius 1 is 1.38 bits per heavy atom. The normalized spacial score (nSPS) is 14.3. The Morgan fingerprint density at radius 3 is 2.56 bits per heavy atom. The molecule has 1 aromatic carbocycles. The van der Waals surface area contributed by atoms with Crippen molar-refractivity contribution in [1.82, 2.24) is 5.32 Å². The maximum atomic E-state index is 13.3. The first kappa shape index (κ1) is 12.9. The SMILES string of the molecule is CC(Cl)C(=O)NC(C)c1cc(F)ccc1F. The molecule has 1 aromatic rings. The fourth-order valence-electron chi connectivity index (χ4n) is 1.25. The highest BCUT2D eigenvalue weighted by Crippen LogP contribution is 2.18. The van der Waals surface area contributed by atoms with Crippen LogP contribution in [0, 0.1) is 11.6 Å². The minimum absolute atomic E-state index is 0.102. The molecule has 2 atom stereocenters. The van der Waals surface area contributed by atoms with Crippen LogP contribution >= 0.6 is 11.6 Å². The van der Waals surface area contributed by atoms with Gasteiger partial charge in [0.2, 0.25) is 5.91 Å². The number of carbonyl (C=O) groups excluding carboxylic acids is 1. The highest BCUT2D eigenvalue weighted by atomic mass is 35.5. The molecule has 2 nitrogen and oxygen atoms in total. The van der Waals surface area contributed by atoms with Crippen molar-refractivity contribution in [3.63, 3.8) is 0 Å². The summed E-state index contributed by atoms with van der Waals surface area (Å²) in [7, 11) is 0. The van der Waals surface area contributed by atoms with Crippen LogP contribution in [-0.2, 0) is 4.79 Å². The number of nitrogens with one attached hydrogen (secondary N) is 1. The Morgan fingerprint density at radius 2 is 2.00 bits per heavy atom. The van der Waals surface area contributed by atoms with E-state index in [0.29, 0.717) is 0 Å². The average molecular weight is 248 g/mol. The molecule has 0 saturated heterocycles. The Kier molecular flexibility index (Phi) is 4.24. The molecule has 1 N–H and O–H groups in total. The fourth-order valence-corrected chi connectivity index (χ4v) is 1.32. The second-order valence-electron chi connectivity index (χ2n) is 3.51. The van der Waals surface area contributed by atoms with E-state index in [1.807, 2.05) is 0 Å². The Bertz CT molecular complexity index is 396. The summed E-state index contributed by atoms with van der Waals surface area (Å²) in [4.78, 5) is 11.3. The standard InChI is InChI=1S/C11H12ClF2NO/c1-6(12)11(16)15-7(2)9-5-8(13)3-4-10(9)14/h3-7H,1-2H3,(H,15,16). The molecule has 2 unspecified atom stereocenters. The molecule has 88 valence electrons. The zero-order valence-electron chi connectivity index (χ0n) is 8.93. The predicted octanol–water partition coefficient (Wildman–Crippen LogP) is 2.77. The van der Waals surface area contributed by atoms with Crippen LogP contribution in [0.4, 0.5) is 8.78 Å². The van der Waals surface area contributed by atoms with Gasteiger partial charge in [0.25, 0.3) is 0 Å². The monoisotopic (exact) mass is 247 g/mol. The van der Waals surface area contributed by atoms with Gasteiger partial charge in [0, 0.05) is 5.56 Å². The summed E-state index contributed by atoms with van der Waals surface area (Å²) in [5.74, 6) is -1.52. The van der Waals surface area contributed by atoms with Crippen molar-refractivity contribution in [1.29, 1.82) is 0 Å². The molecule has 1 amide bonds. The first-order chi connectivity index (χ1) is 7.41. The van der Waals surface area contributed by atoms with E-state index in [2.05, 4.69) is 5.32 Å². The van der Waals surface area contributed by atoms with Gasteiger partial charge in [-0.2, -0.15) is 0 Å². The molecular formula is C11H12ClF2NO. The van der Waals surface area contributed by atoms with Crippen LogP contribution in [0.1, 0.15) is 25.5 Å². The van der Waals surface area contributed by atoms with Crippen molar-refractivity contribution in [2.75, 3.05) is 0 Å². The van der Waals surface area contributed by atoms with E-state index in [4.69, 9.17) is 11.6 Å². The Labute approximate surface area is 97.6 Å². The molecule has 0 aliphatic heterocycles. The minimum atomic E-state index is -0.709.